The van der Waals surface area contributed by atoms with Crippen LogP contribution < -0.4 is 27.4 Å². The number of hydrogen-bond donors (Lipinski definition) is 6. The van der Waals surface area contributed by atoms with Gasteiger partial charge in [0.1, 0.15) is 27.7 Å². The number of carbonyl (C=O) groups excluding carboxylic acids is 3. The Morgan fingerprint density at radius 1 is 0.856 bits per heavy atom. The summed E-state index contributed by atoms with van der Waals surface area (Å²) in [7, 11) is 0. The van der Waals surface area contributed by atoms with E-state index in [2.05, 4.69) is 72.2 Å². The summed E-state index contributed by atoms with van der Waals surface area (Å²) in [6, 6.07) is 30.0. The molecule has 90 heavy (non-hydrogen) atoms. The molecule has 7 heterocycles. The highest BCUT2D eigenvalue weighted by Crippen LogP contribution is 2.32. The van der Waals surface area contributed by atoms with Crippen molar-refractivity contribution in [1.82, 2.24) is 34.7 Å². The Morgan fingerprint density at radius 3 is 2.10 bits per heavy atom. The number of aliphatic imine (C=N–C) groups is 1. The van der Waals surface area contributed by atoms with Crippen molar-refractivity contribution in [3.05, 3.63) is 181 Å². The average molecular weight is 1420 g/mol. The molecule has 21 nitrogen and oxygen atoms in total. The number of nitrogens with two attached hydrogens (primary N) is 3. The van der Waals surface area contributed by atoms with Gasteiger partial charge in [0.2, 0.25) is 10.6 Å². The number of Topliss-reactive ketones (excluding diaryl/α,β-unsaturated/α-hetero) is 1. The molecular weight excluding hydrogens is 1340 g/mol. The van der Waals surface area contributed by atoms with Crippen LogP contribution >= 0.6 is 66.4 Å². The number of hydrogen-bond acceptors (Lipinski definition) is 18. The fourth-order valence-electron chi connectivity index (χ4n) is 7.87. The molecule has 0 radical (unpaired) electrons. The number of fused-ring (bicyclic) bond motifs is 4. The van der Waals surface area contributed by atoms with Crippen LogP contribution in [-0.2, 0) is 20.8 Å². The van der Waals surface area contributed by atoms with Crippen molar-refractivity contribution >= 4 is 151 Å². The van der Waals surface area contributed by atoms with Crippen LogP contribution in [0.3, 0.4) is 0 Å². The zero-order valence-corrected chi connectivity index (χ0v) is 55.1. The lowest BCUT2D eigenvalue weighted by Gasteiger charge is -2.27. The second-order valence-electron chi connectivity index (χ2n) is 21.2. The van der Waals surface area contributed by atoms with E-state index in [1.807, 2.05) is 134 Å². The second-order valence-corrected chi connectivity index (χ2v) is 24.8. The first-order chi connectivity index (χ1) is 41.6. The third-order valence-electron chi connectivity index (χ3n) is 11.9. The number of nitrogens with one attached hydrogen (secondary N) is 2. The summed E-state index contributed by atoms with van der Waals surface area (Å²) in [5.41, 5.74) is 21.9. The minimum atomic E-state index is -0.864. The van der Waals surface area contributed by atoms with E-state index in [0.717, 1.165) is 77.5 Å². The Labute approximate surface area is 554 Å². The van der Waals surface area contributed by atoms with Crippen LogP contribution in [0.15, 0.2) is 154 Å². The smallest absolute Gasteiger partial charge is 0.435 e. The zero-order valence-electron chi connectivity index (χ0n) is 49.6. The molecule has 26 heteroatoms. The number of aromatic carboxylic acids is 1. The highest BCUT2D eigenvalue weighted by Gasteiger charge is 2.28. The van der Waals surface area contributed by atoms with E-state index in [-0.39, 0.29) is 31.2 Å². The first kappa shape index (κ1) is 74.4. The molecule has 5 aromatic heterocycles. The fourth-order valence-corrected chi connectivity index (χ4v) is 9.98. The van der Waals surface area contributed by atoms with Crippen molar-refractivity contribution in [1.29, 1.82) is 0 Å². The number of thiophene rings is 1. The van der Waals surface area contributed by atoms with E-state index < -0.39 is 29.4 Å². The Bertz CT molecular complexity index is 3930. The molecule has 9 aromatic rings. The van der Waals surface area contributed by atoms with Gasteiger partial charge in [-0.2, -0.15) is 14.8 Å². The standard InChI is InChI=1S/C18H19ClN4O2.C16H16ClN5O2.C10H8BrNO.C9H5BrO2S.C5H10N2.C4H9NO.2CH4/c1-11-14-9-13(6-5-12(14)10-21-11)23(17(24)25-18(2,3)4)15-7-8-20-16(19)22-15;1-16(2,3)24-15(23)22-12-5-4-11(8-10(12)9-19-22)20-13-6-7-18-14(17)21-13;1-6(13)9-4-7-2-3-8(11)5-10(7)12-9;10-6-2-1-5-3-8(9(11)12)13-7(5)4-6;1-2-3-5(7)4-6;5-4-1-2-6-3-4;;/h5-9H,10H2,1-4H3;4-9H,1-3H3,(H,18,20,21);2-5,12H,1H3;1-4H,(H,11,12);2-4H,6-7H2,1H3;4H,1-3,5H2;2*1H4/b;;;;3-2-,5-4+;;;. The van der Waals surface area contributed by atoms with Crippen LogP contribution in [0.2, 0.25) is 10.6 Å². The first-order valence-electron chi connectivity index (χ1n) is 27.1. The van der Waals surface area contributed by atoms with Crippen molar-refractivity contribution in [2.75, 3.05) is 23.4 Å². The van der Waals surface area contributed by atoms with Gasteiger partial charge in [-0.25, -0.2) is 34.2 Å². The fraction of sp³-hybridized carbons (Fsp3) is 0.281. The minimum Gasteiger partial charge on any atom is -0.477 e. The van der Waals surface area contributed by atoms with Crippen LogP contribution in [0.25, 0.3) is 31.9 Å². The van der Waals surface area contributed by atoms with E-state index in [1.165, 1.54) is 33.3 Å². The number of aromatic nitrogens is 7. The molecule has 1 atom stereocenters. The maximum absolute atomic E-state index is 12.8. The summed E-state index contributed by atoms with van der Waals surface area (Å²) < 4.78 is 20.0. The number of amides is 1. The van der Waals surface area contributed by atoms with Gasteiger partial charge in [-0.3, -0.25) is 9.79 Å². The number of anilines is 4. The number of rotatable bonds is 7. The van der Waals surface area contributed by atoms with E-state index in [1.54, 1.807) is 49.7 Å². The van der Waals surface area contributed by atoms with Crippen LogP contribution in [0.5, 0.6) is 0 Å². The summed E-state index contributed by atoms with van der Waals surface area (Å²) in [6.45, 7) is 18.6. The highest BCUT2D eigenvalue weighted by molar-refractivity contribution is 9.10. The van der Waals surface area contributed by atoms with Crippen LogP contribution in [0.1, 0.15) is 115 Å². The molecule has 478 valence electrons. The van der Waals surface area contributed by atoms with Crippen molar-refractivity contribution in [3.8, 4) is 0 Å². The third kappa shape index (κ3) is 22.7. The van der Waals surface area contributed by atoms with Gasteiger partial charge in [-0.1, -0.05) is 71.0 Å². The number of H-pyrrole nitrogens is 1. The third-order valence-corrected chi connectivity index (χ3v) is 14.3. The molecule has 9 N–H and O–H groups in total. The highest BCUT2D eigenvalue weighted by atomic mass is 79.9. The van der Waals surface area contributed by atoms with Gasteiger partial charge < -0.3 is 46.8 Å². The van der Waals surface area contributed by atoms with Gasteiger partial charge in [0, 0.05) is 96.8 Å². The Morgan fingerprint density at radius 2 is 1.52 bits per heavy atom. The van der Waals surface area contributed by atoms with Crippen LogP contribution in [0, 0.1) is 0 Å². The maximum atomic E-state index is 12.8. The molecule has 1 fully saturated rings. The number of benzene rings is 4. The summed E-state index contributed by atoms with van der Waals surface area (Å²) in [4.78, 5) is 71.9. The number of carbonyl (C=O) groups is 4. The topological polar surface area (TPSA) is 307 Å². The summed E-state index contributed by atoms with van der Waals surface area (Å²) in [5.74, 6) is 0.125. The Hall–Kier alpha value is -8.10. The Balaban J connectivity index is 0.000000245. The molecule has 11 rings (SSSR count). The van der Waals surface area contributed by atoms with Crippen molar-refractivity contribution in [2.24, 2.45) is 22.2 Å². The quantitative estimate of drug-likeness (QED) is 0.0491. The number of carboxylic acids is 1. The molecule has 2 aliphatic rings. The number of aromatic amines is 1. The van der Waals surface area contributed by atoms with Crippen molar-refractivity contribution in [2.45, 2.75) is 107 Å². The Kier molecular flexibility index (Phi) is 28.3. The second kappa shape index (κ2) is 34.2. The molecule has 4 aromatic carbocycles. The molecule has 0 aliphatic carbocycles. The SMILES string of the molecule is C.C.C/C=C\C(N)=C/N.CC(=O)c1cc2ccc(Br)cc2[nH]1.CC(C)(C)OC(=O)n1ncc2cc(Nc3ccnc(Cl)n3)ccc21.CC1=NCc2ccc(N(C(=O)OC(C)(C)C)c3ccnc(Cl)n3)cc21.NC1CCOC1.O=C(O)c1cc2ccc(Br)cc2s1. The molecule has 2 aliphatic heterocycles. The van der Waals surface area contributed by atoms with Crippen LogP contribution in [0.4, 0.5) is 32.6 Å². The molecule has 1 unspecified atom stereocenters. The normalized spacial score (nSPS) is 13.1. The molecule has 1 saturated heterocycles. The molecule has 0 spiro atoms. The lowest BCUT2D eigenvalue weighted by molar-refractivity contribution is 0.0520. The van der Waals surface area contributed by atoms with E-state index in [4.69, 9.17) is 59.7 Å². The largest absolute Gasteiger partial charge is 0.477 e. The maximum Gasteiger partial charge on any atom is 0.435 e. The average Bonchev–Trinajstić information content (AvgIpc) is 2.02. The predicted molar refractivity (Wildman–Crippen MR) is 370 cm³/mol. The van der Waals surface area contributed by atoms with Gasteiger partial charge in [-0.05, 0) is 175 Å². The van der Waals surface area contributed by atoms with Gasteiger partial charge in [-0.15, -0.1) is 11.3 Å². The van der Waals surface area contributed by atoms with E-state index >= 15 is 0 Å². The summed E-state index contributed by atoms with van der Waals surface area (Å²) in [5, 5.41) is 19.1. The lowest BCUT2D eigenvalue weighted by atomic mass is 10.1. The summed E-state index contributed by atoms with van der Waals surface area (Å²) in [6.07, 6.45) is 9.60. The zero-order chi connectivity index (χ0) is 64.5. The predicted octanol–water partition coefficient (Wildman–Crippen LogP) is 16.4. The molecular formula is C64H75Br2Cl2N13O8S. The summed E-state index contributed by atoms with van der Waals surface area (Å²) >= 11 is 19.7. The van der Waals surface area contributed by atoms with Crippen LogP contribution in [-0.4, -0.2) is 99.9 Å². The van der Waals surface area contributed by atoms with Gasteiger partial charge in [0.25, 0.3) is 0 Å². The van der Waals surface area contributed by atoms with Gasteiger partial charge in [0.15, 0.2) is 5.78 Å². The van der Waals surface area contributed by atoms with E-state index in [9.17, 15) is 19.2 Å². The molecule has 0 bridgehead atoms. The number of halogens is 4. The number of nitrogens with zero attached hydrogens (tertiary/aromatic N) is 8. The van der Waals surface area contributed by atoms with Gasteiger partial charge >= 0.3 is 18.2 Å². The van der Waals surface area contributed by atoms with Crippen molar-refractivity contribution in [3.63, 3.8) is 0 Å². The number of ether oxygens (including phenoxy) is 3. The van der Waals surface area contributed by atoms with Gasteiger partial charge in [0.05, 0.1) is 36.2 Å². The van der Waals surface area contributed by atoms with E-state index in [0.29, 0.717) is 51.7 Å². The molecule has 0 saturated carbocycles. The number of allylic oxidation sites excluding steroid dienone is 2. The minimum absolute atomic E-state index is 0. The lowest BCUT2D eigenvalue weighted by Crippen LogP contribution is -2.34. The molecule has 1 amide bonds. The number of carboxylic acid groups (broad SMARTS) is 1. The van der Waals surface area contributed by atoms with Crippen molar-refractivity contribution < 1.29 is 38.5 Å². The number of ketones is 1. The first-order valence-corrected chi connectivity index (χ1v) is 30.2. The monoisotopic (exact) mass is 1410 g/mol.